The van der Waals surface area contributed by atoms with E-state index in [4.69, 9.17) is 4.74 Å². The summed E-state index contributed by atoms with van der Waals surface area (Å²) in [7, 11) is 0. The Labute approximate surface area is 199 Å². The number of thiophene rings is 1. The molecule has 2 aromatic carbocycles. The molecule has 2 heterocycles. The van der Waals surface area contributed by atoms with Crippen molar-refractivity contribution in [3.63, 3.8) is 0 Å². The molecule has 1 amide bonds. The third-order valence-corrected chi connectivity index (χ3v) is 7.23. The number of carbonyl (C=O) groups is 1. The summed E-state index contributed by atoms with van der Waals surface area (Å²) in [5, 5.41) is 18.0. The van der Waals surface area contributed by atoms with Gasteiger partial charge < -0.3 is 15.4 Å². The third kappa shape index (κ3) is 5.37. The van der Waals surface area contributed by atoms with Gasteiger partial charge in [-0.05, 0) is 61.9 Å². The van der Waals surface area contributed by atoms with Crippen molar-refractivity contribution in [3.05, 3.63) is 71.3 Å². The highest BCUT2D eigenvalue weighted by atomic mass is 32.1. The number of para-hydroxylation sites is 1. The molecule has 3 aromatic rings. The minimum atomic E-state index is -0.0261. The van der Waals surface area contributed by atoms with Crippen molar-refractivity contribution in [3.8, 4) is 17.6 Å². The van der Waals surface area contributed by atoms with Gasteiger partial charge >= 0.3 is 0 Å². The Kier molecular flexibility index (Phi) is 7.31. The first-order valence-electron chi connectivity index (χ1n) is 11.6. The van der Waals surface area contributed by atoms with Crippen LogP contribution in [0.2, 0.25) is 0 Å². The first-order valence-corrected chi connectivity index (χ1v) is 12.4. The third-order valence-electron chi connectivity index (χ3n) is 6.15. The molecular weight excluding hydrogens is 430 g/mol. The minimum absolute atomic E-state index is 0.00174. The number of hydrogen-bond acceptors (Lipinski definition) is 5. The molecule has 0 radical (unpaired) electrons. The molecule has 6 heteroatoms. The lowest BCUT2D eigenvalue weighted by Gasteiger charge is -2.25. The van der Waals surface area contributed by atoms with Gasteiger partial charge in [-0.2, -0.15) is 5.26 Å². The molecule has 1 atom stereocenters. The minimum Gasteiger partial charge on any atom is -0.457 e. The monoisotopic (exact) mass is 459 g/mol. The van der Waals surface area contributed by atoms with Crippen molar-refractivity contribution in [2.24, 2.45) is 5.92 Å². The van der Waals surface area contributed by atoms with Crippen molar-refractivity contribution in [2.75, 3.05) is 10.6 Å². The lowest BCUT2D eigenvalue weighted by atomic mass is 9.95. The number of fused-ring (bicyclic) bond motifs is 1. The Bertz CT molecular complexity index is 1150. The summed E-state index contributed by atoms with van der Waals surface area (Å²) in [6.45, 7) is 4.04. The molecule has 1 unspecified atom stereocenters. The van der Waals surface area contributed by atoms with E-state index in [0.717, 1.165) is 54.2 Å². The molecular formula is C27H29N3O2S. The summed E-state index contributed by atoms with van der Waals surface area (Å²) in [6.07, 6.45) is 4.21. The van der Waals surface area contributed by atoms with Crippen LogP contribution in [0.25, 0.3) is 0 Å². The Morgan fingerprint density at radius 2 is 1.94 bits per heavy atom. The maximum Gasteiger partial charge on any atom is 0.228 e. The van der Waals surface area contributed by atoms with E-state index in [1.165, 1.54) is 16.9 Å². The Hall–Kier alpha value is -3.30. The number of hydrogen-bond donors (Lipinski definition) is 2. The van der Waals surface area contributed by atoms with Crippen molar-refractivity contribution < 1.29 is 9.53 Å². The molecule has 1 aliphatic rings. The second kappa shape index (κ2) is 10.5. The van der Waals surface area contributed by atoms with Gasteiger partial charge in [0.2, 0.25) is 5.91 Å². The molecule has 0 bridgehead atoms. The molecule has 5 nitrogen and oxygen atoms in total. The van der Waals surface area contributed by atoms with Crippen molar-refractivity contribution in [2.45, 2.75) is 52.0 Å². The summed E-state index contributed by atoms with van der Waals surface area (Å²) in [6, 6.07) is 20.5. The zero-order valence-electron chi connectivity index (χ0n) is 19.1. The fourth-order valence-corrected chi connectivity index (χ4v) is 5.45. The molecule has 0 saturated carbocycles. The van der Waals surface area contributed by atoms with E-state index >= 15 is 0 Å². The van der Waals surface area contributed by atoms with Gasteiger partial charge in [-0.15, -0.1) is 0 Å². The molecule has 170 valence electrons. The number of ether oxygens (including phenoxy) is 1. The van der Waals surface area contributed by atoms with Gasteiger partial charge in [0, 0.05) is 17.5 Å². The van der Waals surface area contributed by atoms with E-state index in [-0.39, 0.29) is 17.9 Å². The van der Waals surface area contributed by atoms with Gasteiger partial charge in [0.25, 0.3) is 0 Å². The van der Waals surface area contributed by atoms with Gasteiger partial charge in [-0.3, -0.25) is 4.79 Å². The molecule has 0 spiro atoms. The highest BCUT2D eigenvalue weighted by molar-refractivity contribution is 7.20. The molecule has 1 aromatic heterocycles. The van der Waals surface area contributed by atoms with Gasteiger partial charge in [0.05, 0.1) is 10.6 Å². The first kappa shape index (κ1) is 22.9. The van der Waals surface area contributed by atoms with Crippen LogP contribution in [0.4, 0.5) is 10.0 Å². The lowest BCUT2D eigenvalue weighted by molar-refractivity contribution is -0.120. The van der Waals surface area contributed by atoms with E-state index in [1.807, 2.05) is 56.3 Å². The van der Waals surface area contributed by atoms with Crippen LogP contribution in [0.1, 0.15) is 49.8 Å². The zero-order valence-corrected chi connectivity index (χ0v) is 19.9. The quantitative estimate of drug-likeness (QED) is 0.390. The average Bonchev–Trinajstić information content (AvgIpc) is 3.16. The summed E-state index contributed by atoms with van der Waals surface area (Å²) in [5.41, 5.74) is 2.84. The maximum atomic E-state index is 12.6. The zero-order chi connectivity index (χ0) is 23.2. The molecule has 0 fully saturated rings. The topological polar surface area (TPSA) is 74.2 Å². The van der Waals surface area contributed by atoms with Gasteiger partial charge in [-0.25, -0.2) is 0 Å². The fourth-order valence-electron chi connectivity index (χ4n) is 4.27. The van der Waals surface area contributed by atoms with Crippen LogP contribution in [-0.4, -0.2) is 11.9 Å². The Balaban J connectivity index is 1.45. The van der Waals surface area contributed by atoms with Crippen LogP contribution in [0.15, 0.2) is 54.6 Å². The van der Waals surface area contributed by atoms with Crippen LogP contribution in [-0.2, 0) is 17.6 Å². The number of anilines is 2. The van der Waals surface area contributed by atoms with Crippen molar-refractivity contribution in [1.82, 2.24) is 0 Å². The summed E-state index contributed by atoms with van der Waals surface area (Å²) in [4.78, 5) is 12.6. The van der Waals surface area contributed by atoms with Crippen LogP contribution in [0, 0.1) is 17.2 Å². The second-order valence-electron chi connectivity index (χ2n) is 8.37. The van der Waals surface area contributed by atoms with Crippen molar-refractivity contribution in [1.29, 1.82) is 5.26 Å². The van der Waals surface area contributed by atoms with Crippen LogP contribution in [0.5, 0.6) is 11.5 Å². The van der Waals surface area contributed by atoms with Crippen molar-refractivity contribution >= 4 is 27.2 Å². The van der Waals surface area contributed by atoms with Gasteiger partial charge in [0.1, 0.15) is 22.6 Å². The van der Waals surface area contributed by atoms with E-state index < -0.39 is 0 Å². The lowest BCUT2D eigenvalue weighted by Crippen LogP contribution is -2.26. The molecule has 1 aliphatic heterocycles. The standard InChI is InChI=1S/C27H29N3O2S/c1-3-19(4-2)25(31)30-27-24(17-28)23-14-13-20(29-26(23)33-27)15-18-9-8-12-22(16-18)32-21-10-6-5-7-11-21/h5-12,16,19-20,29H,3-4,13-15H2,1-2H3,(H,30,31). The Morgan fingerprint density at radius 3 is 2.67 bits per heavy atom. The summed E-state index contributed by atoms with van der Waals surface area (Å²) < 4.78 is 5.98. The highest BCUT2D eigenvalue weighted by Crippen LogP contribution is 2.41. The van der Waals surface area contributed by atoms with Gasteiger partial charge in [-0.1, -0.05) is 55.5 Å². The average molecular weight is 460 g/mol. The number of nitriles is 1. The van der Waals surface area contributed by atoms with Gasteiger partial charge in [0.15, 0.2) is 0 Å². The van der Waals surface area contributed by atoms with Crippen LogP contribution < -0.4 is 15.4 Å². The molecule has 4 rings (SSSR count). The smallest absolute Gasteiger partial charge is 0.228 e. The summed E-state index contributed by atoms with van der Waals surface area (Å²) >= 11 is 1.48. The van der Waals surface area contributed by atoms with E-state index in [2.05, 4.69) is 28.8 Å². The number of nitrogens with one attached hydrogen (secondary N) is 2. The summed E-state index contributed by atoms with van der Waals surface area (Å²) in [5.74, 6) is 1.62. The van der Waals surface area contributed by atoms with E-state index in [1.54, 1.807) is 0 Å². The van der Waals surface area contributed by atoms with E-state index in [0.29, 0.717) is 10.6 Å². The van der Waals surface area contributed by atoms with Crippen LogP contribution in [0.3, 0.4) is 0 Å². The predicted octanol–water partition coefficient (Wildman–Crippen LogP) is 6.76. The Morgan fingerprint density at radius 1 is 1.18 bits per heavy atom. The first-order chi connectivity index (χ1) is 16.1. The molecule has 0 aliphatic carbocycles. The normalized spacial score (nSPS) is 14.8. The molecule has 0 saturated heterocycles. The number of amides is 1. The van der Waals surface area contributed by atoms with Crippen LogP contribution >= 0.6 is 11.3 Å². The number of benzene rings is 2. The number of rotatable bonds is 8. The maximum absolute atomic E-state index is 12.6. The fraction of sp³-hybridized carbons (Fsp3) is 0.333. The highest BCUT2D eigenvalue weighted by Gasteiger charge is 2.27. The molecule has 33 heavy (non-hydrogen) atoms. The SMILES string of the molecule is CCC(CC)C(=O)Nc1sc2c(c1C#N)CCC(Cc1cccc(Oc3ccccc3)c1)N2. The number of carbonyl (C=O) groups excluding carboxylic acids is 1. The molecule has 2 N–H and O–H groups in total. The largest absolute Gasteiger partial charge is 0.457 e. The second-order valence-corrected chi connectivity index (χ2v) is 9.40. The predicted molar refractivity (Wildman–Crippen MR) is 134 cm³/mol. The van der Waals surface area contributed by atoms with E-state index in [9.17, 15) is 10.1 Å². The number of nitrogens with zero attached hydrogens (tertiary/aromatic N) is 1.